The normalized spacial score (nSPS) is 20.8. The van der Waals surface area contributed by atoms with Crippen LogP contribution in [0.4, 0.5) is 4.39 Å². The Morgan fingerprint density at radius 3 is 2.55 bits per heavy atom. The summed E-state index contributed by atoms with van der Waals surface area (Å²) in [7, 11) is -3.78. The van der Waals surface area contributed by atoms with Gasteiger partial charge >= 0.3 is 0 Å². The Kier molecular flexibility index (Phi) is 3.76. The summed E-state index contributed by atoms with van der Waals surface area (Å²) in [6.07, 6.45) is 1.18. The summed E-state index contributed by atoms with van der Waals surface area (Å²) in [5, 5.41) is 10.7. The molecule has 22 heavy (non-hydrogen) atoms. The van der Waals surface area contributed by atoms with E-state index in [1.165, 1.54) is 12.1 Å². The zero-order chi connectivity index (χ0) is 15.8. The number of rotatable bonds is 4. The van der Waals surface area contributed by atoms with Crippen LogP contribution in [0.5, 0.6) is 0 Å². The van der Waals surface area contributed by atoms with Crippen molar-refractivity contribution in [3.05, 3.63) is 65.5 Å². The molecule has 6 heteroatoms. The third-order valence-electron chi connectivity index (χ3n) is 4.01. The second-order valence-electron chi connectivity index (χ2n) is 5.47. The van der Waals surface area contributed by atoms with Crippen LogP contribution in [0.2, 0.25) is 0 Å². The fraction of sp³-hybridized carbons (Fsp3) is 0.250. The molecule has 1 atom stereocenters. The van der Waals surface area contributed by atoms with Crippen LogP contribution in [0.3, 0.4) is 0 Å². The third kappa shape index (κ3) is 2.77. The second-order valence-corrected chi connectivity index (χ2v) is 7.23. The van der Waals surface area contributed by atoms with Gasteiger partial charge in [0.2, 0.25) is 10.0 Å². The van der Waals surface area contributed by atoms with Crippen molar-refractivity contribution in [2.45, 2.75) is 23.3 Å². The predicted molar refractivity (Wildman–Crippen MR) is 80.2 cm³/mol. The van der Waals surface area contributed by atoms with E-state index < -0.39 is 21.4 Å². The first kappa shape index (κ1) is 15.1. The van der Waals surface area contributed by atoms with Gasteiger partial charge < -0.3 is 5.11 Å². The highest BCUT2D eigenvalue weighted by molar-refractivity contribution is 7.89. The molecule has 0 bridgehead atoms. The van der Waals surface area contributed by atoms with Crippen molar-refractivity contribution in [3.63, 3.8) is 0 Å². The molecule has 116 valence electrons. The van der Waals surface area contributed by atoms with Gasteiger partial charge in [-0.3, -0.25) is 0 Å². The highest BCUT2D eigenvalue weighted by Gasteiger charge is 2.37. The van der Waals surface area contributed by atoms with E-state index in [9.17, 15) is 17.9 Å². The molecule has 1 aliphatic carbocycles. The average Bonchev–Trinajstić information content (AvgIpc) is 2.85. The van der Waals surface area contributed by atoms with E-state index in [1.54, 1.807) is 0 Å². The van der Waals surface area contributed by atoms with Gasteiger partial charge in [0.1, 0.15) is 11.4 Å². The van der Waals surface area contributed by atoms with Crippen molar-refractivity contribution >= 4 is 10.0 Å². The first-order valence-corrected chi connectivity index (χ1v) is 8.45. The fourth-order valence-corrected chi connectivity index (χ4v) is 3.85. The molecule has 0 saturated carbocycles. The van der Waals surface area contributed by atoms with Gasteiger partial charge in [-0.2, -0.15) is 0 Å². The van der Waals surface area contributed by atoms with Crippen molar-refractivity contribution in [2.75, 3.05) is 6.54 Å². The number of sulfonamides is 1. The first-order valence-electron chi connectivity index (χ1n) is 6.97. The van der Waals surface area contributed by atoms with Crippen molar-refractivity contribution < 1.29 is 17.9 Å². The smallest absolute Gasteiger partial charge is 0.240 e. The van der Waals surface area contributed by atoms with Gasteiger partial charge in [-0.25, -0.2) is 17.5 Å². The molecule has 0 saturated heterocycles. The Bertz CT molecular complexity index is 789. The van der Waals surface area contributed by atoms with Gasteiger partial charge in [-0.1, -0.05) is 24.3 Å². The van der Waals surface area contributed by atoms with Crippen LogP contribution < -0.4 is 4.72 Å². The summed E-state index contributed by atoms with van der Waals surface area (Å²) in [5.74, 6) is -0.498. The van der Waals surface area contributed by atoms with Crippen molar-refractivity contribution in [1.29, 1.82) is 0 Å². The minimum absolute atomic E-state index is 0.0243. The molecule has 3 rings (SSSR count). The lowest BCUT2D eigenvalue weighted by atomic mass is 9.96. The largest absolute Gasteiger partial charge is 0.384 e. The van der Waals surface area contributed by atoms with Crippen LogP contribution in [-0.2, 0) is 22.0 Å². The zero-order valence-electron chi connectivity index (χ0n) is 11.8. The molecule has 1 aliphatic rings. The van der Waals surface area contributed by atoms with Crippen molar-refractivity contribution in [2.24, 2.45) is 0 Å². The lowest BCUT2D eigenvalue weighted by molar-refractivity contribution is 0.0442. The van der Waals surface area contributed by atoms with E-state index in [4.69, 9.17) is 0 Å². The van der Waals surface area contributed by atoms with Gasteiger partial charge in [0, 0.05) is 6.54 Å². The number of fused-ring (bicyclic) bond motifs is 1. The second kappa shape index (κ2) is 5.46. The van der Waals surface area contributed by atoms with Crippen LogP contribution >= 0.6 is 0 Å². The quantitative estimate of drug-likeness (QED) is 0.904. The van der Waals surface area contributed by atoms with Gasteiger partial charge in [0.25, 0.3) is 0 Å². The summed E-state index contributed by atoms with van der Waals surface area (Å²) in [6, 6.07) is 12.0. The molecule has 1 unspecified atom stereocenters. The lowest BCUT2D eigenvalue weighted by Gasteiger charge is -2.24. The summed E-state index contributed by atoms with van der Waals surface area (Å²) < 4.78 is 39.7. The molecule has 0 fully saturated rings. The highest BCUT2D eigenvalue weighted by atomic mass is 32.2. The van der Waals surface area contributed by atoms with E-state index in [0.29, 0.717) is 12.8 Å². The molecule has 2 aromatic rings. The minimum atomic E-state index is -3.78. The van der Waals surface area contributed by atoms with Crippen molar-refractivity contribution in [1.82, 2.24) is 4.72 Å². The Morgan fingerprint density at radius 2 is 1.82 bits per heavy atom. The Balaban J connectivity index is 1.79. The summed E-state index contributed by atoms with van der Waals surface area (Å²) in [6.45, 7) is -0.107. The maximum absolute atomic E-state index is 12.9. The number of benzene rings is 2. The predicted octanol–water partition coefficient (Wildman–Crippen LogP) is 1.94. The summed E-state index contributed by atoms with van der Waals surface area (Å²) >= 11 is 0. The number of aliphatic hydroxyl groups is 1. The van der Waals surface area contributed by atoms with Crippen LogP contribution in [0, 0.1) is 5.82 Å². The molecule has 2 N–H and O–H groups in total. The molecule has 4 nitrogen and oxygen atoms in total. The molecule has 2 aromatic carbocycles. The number of halogens is 1. The monoisotopic (exact) mass is 321 g/mol. The van der Waals surface area contributed by atoms with E-state index in [-0.39, 0.29) is 11.4 Å². The topological polar surface area (TPSA) is 66.4 Å². The summed E-state index contributed by atoms with van der Waals surface area (Å²) in [5.41, 5.74) is 0.590. The first-order chi connectivity index (χ1) is 10.4. The number of hydrogen-bond donors (Lipinski definition) is 2. The number of aryl methyl sites for hydroxylation is 1. The lowest BCUT2D eigenvalue weighted by Crippen LogP contribution is -2.39. The number of hydrogen-bond acceptors (Lipinski definition) is 3. The van der Waals surface area contributed by atoms with Gasteiger partial charge in [0.15, 0.2) is 0 Å². The fourth-order valence-electron chi connectivity index (χ4n) is 2.76. The van der Waals surface area contributed by atoms with Gasteiger partial charge in [-0.05, 0) is 48.2 Å². The maximum atomic E-state index is 12.9. The van der Waals surface area contributed by atoms with Crippen LogP contribution in [-0.4, -0.2) is 20.1 Å². The number of nitrogens with one attached hydrogen (secondary N) is 1. The SMILES string of the molecule is O=S(=O)(NCC1(O)CCc2ccccc21)c1ccc(F)cc1. The standard InChI is InChI=1S/C16H16FNO3S/c17-13-5-7-14(8-6-13)22(20,21)18-11-16(19)10-9-12-3-1-2-4-15(12)16/h1-8,18-19H,9-11H2. The average molecular weight is 321 g/mol. The van der Waals surface area contributed by atoms with Crippen LogP contribution in [0.25, 0.3) is 0 Å². The zero-order valence-corrected chi connectivity index (χ0v) is 12.6. The van der Waals surface area contributed by atoms with E-state index in [2.05, 4.69) is 4.72 Å². The van der Waals surface area contributed by atoms with E-state index >= 15 is 0 Å². The molecule has 0 heterocycles. The van der Waals surface area contributed by atoms with E-state index in [1.807, 2.05) is 24.3 Å². The molecule has 0 amide bonds. The molecule has 0 aliphatic heterocycles. The van der Waals surface area contributed by atoms with Crippen molar-refractivity contribution in [3.8, 4) is 0 Å². The molecular formula is C16H16FNO3S. The Labute approximate surface area is 128 Å². The Morgan fingerprint density at radius 1 is 1.14 bits per heavy atom. The van der Waals surface area contributed by atoms with Gasteiger partial charge in [0.05, 0.1) is 4.90 Å². The maximum Gasteiger partial charge on any atom is 0.240 e. The highest BCUT2D eigenvalue weighted by Crippen LogP contribution is 2.36. The Hall–Kier alpha value is -1.76. The third-order valence-corrected chi connectivity index (χ3v) is 5.42. The van der Waals surface area contributed by atoms with Gasteiger partial charge in [-0.15, -0.1) is 0 Å². The molecular weight excluding hydrogens is 305 g/mol. The molecule has 0 spiro atoms. The summed E-state index contributed by atoms with van der Waals surface area (Å²) in [4.78, 5) is -0.0243. The minimum Gasteiger partial charge on any atom is -0.384 e. The van der Waals surface area contributed by atoms with E-state index in [0.717, 1.165) is 23.3 Å². The molecule has 0 radical (unpaired) electrons. The molecule has 0 aromatic heterocycles. The van der Waals surface area contributed by atoms with Crippen LogP contribution in [0.1, 0.15) is 17.5 Å². The van der Waals surface area contributed by atoms with Crippen LogP contribution in [0.15, 0.2) is 53.4 Å².